The summed E-state index contributed by atoms with van der Waals surface area (Å²) in [6, 6.07) is 5.44. The third-order valence-electron chi connectivity index (χ3n) is 3.27. The predicted molar refractivity (Wildman–Crippen MR) is 68.9 cm³/mol. The van der Waals surface area contributed by atoms with Crippen LogP contribution in [-0.4, -0.2) is 11.6 Å². The zero-order chi connectivity index (χ0) is 13.0. The molecule has 0 radical (unpaired) electrons. The quantitative estimate of drug-likeness (QED) is 0.803. The second-order valence-corrected chi connectivity index (χ2v) is 4.81. The van der Waals surface area contributed by atoms with E-state index >= 15 is 0 Å². The average molecular weight is 248 g/mol. The number of halogens is 1. The molecule has 1 aliphatic rings. The van der Waals surface area contributed by atoms with E-state index < -0.39 is 0 Å². The number of nitrogens with zero attached hydrogens (tertiary/aromatic N) is 1. The Bertz CT molecular complexity index is 443. The van der Waals surface area contributed by atoms with Crippen molar-refractivity contribution in [2.75, 3.05) is 0 Å². The van der Waals surface area contributed by atoms with Crippen molar-refractivity contribution in [3.63, 3.8) is 0 Å². The molecule has 0 heterocycles. The van der Waals surface area contributed by atoms with Crippen LogP contribution in [0.15, 0.2) is 29.4 Å². The Hall–Kier alpha value is -1.71. The summed E-state index contributed by atoms with van der Waals surface area (Å²) in [6.45, 7) is 2.23. The fourth-order valence-electron chi connectivity index (χ4n) is 2.00. The van der Waals surface area contributed by atoms with Gasteiger partial charge in [0.15, 0.2) is 0 Å². The molecule has 2 rings (SSSR count). The van der Waals surface area contributed by atoms with Gasteiger partial charge in [-0.25, -0.2) is 9.82 Å². The van der Waals surface area contributed by atoms with Crippen LogP contribution in [0.3, 0.4) is 0 Å². The maximum atomic E-state index is 12.7. The monoisotopic (exact) mass is 248 g/mol. The topological polar surface area (TPSA) is 41.5 Å². The molecule has 1 amide bonds. The fourth-order valence-corrected chi connectivity index (χ4v) is 2.00. The van der Waals surface area contributed by atoms with Crippen LogP contribution in [0.5, 0.6) is 0 Å². The van der Waals surface area contributed by atoms with Gasteiger partial charge in [-0.2, -0.15) is 5.10 Å². The zero-order valence-electron chi connectivity index (χ0n) is 10.4. The van der Waals surface area contributed by atoms with Crippen LogP contribution in [0, 0.1) is 11.7 Å². The summed E-state index contributed by atoms with van der Waals surface area (Å²) in [5.41, 5.74) is 4.00. The lowest BCUT2D eigenvalue weighted by Gasteiger charge is -2.18. The zero-order valence-corrected chi connectivity index (χ0v) is 10.4. The molecule has 0 bridgehead atoms. The van der Waals surface area contributed by atoms with Gasteiger partial charge < -0.3 is 0 Å². The minimum absolute atomic E-state index is 0.291. The molecule has 0 unspecified atom stereocenters. The lowest BCUT2D eigenvalue weighted by molar-refractivity contribution is 0.0954. The first-order valence-corrected chi connectivity index (χ1v) is 6.26. The first-order chi connectivity index (χ1) is 8.65. The molecule has 1 aliphatic carbocycles. The third-order valence-corrected chi connectivity index (χ3v) is 3.27. The standard InChI is InChI=1S/C14H17FN2O/c1-10-2-8-13(9-3-10)16-17-14(18)11-4-6-12(15)7-5-11/h4-7,10H,2-3,8-9H2,1H3,(H,17,18). The van der Waals surface area contributed by atoms with Crippen molar-refractivity contribution in [2.45, 2.75) is 32.6 Å². The van der Waals surface area contributed by atoms with Crippen molar-refractivity contribution in [3.05, 3.63) is 35.6 Å². The fraction of sp³-hybridized carbons (Fsp3) is 0.429. The average Bonchev–Trinajstić information content (AvgIpc) is 2.38. The number of rotatable bonds is 2. The molecule has 0 aliphatic heterocycles. The van der Waals surface area contributed by atoms with Crippen LogP contribution in [0.4, 0.5) is 4.39 Å². The molecule has 1 fully saturated rings. The molecular formula is C14H17FN2O. The van der Waals surface area contributed by atoms with E-state index in [1.54, 1.807) is 0 Å². The van der Waals surface area contributed by atoms with E-state index in [1.807, 2.05) is 0 Å². The van der Waals surface area contributed by atoms with Crippen LogP contribution in [-0.2, 0) is 0 Å². The van der Waals surface area contributed by atoms with Crippen molar-refractivity contribution in [3.8, 4) is 0 Å². The van der Waals surface area contributed by atoms with Crippen LogP contribution in [0.1, 0.15) is 43.0 Å². The van der Waals surface area contributed by atoms with Gasteiger partial charge in [-0.15, -0.1) is 0 Å². The van der Waals surface area contributed by atoms with E-state index in [2.05, 4.69) is 17.5 Å². The van der Waals surface area contributed by atoms with Crippen LogP contribution in [0.25, 0.3) is 0 Å². The maximum Gasteiger partial charge on any atom is 0.271 e. The lowest BCUT2D eigenvalue weighted by atomic mass is 9.90. The number of hydrogen-bond acceptors (Lipinski definition) is 2. The lowest BCUT2D eigenvalue weighted by Crippen LogP contribution is -2.21. The smallest absolute Gasteiger partial charge is 0.267 e. The molecule has 1 aromatic carbocycles. The van der Waals surface area contributed by atoms with Crippen LogP contribution in [0.2, 0.25) is 0 Å². The highest BCUT2D eigenvalue weighted by atomic mass is 19.1. The summed E-state index contributed by atoms with van der Waals surface area (Å²) in [5, 5.41) is 4.14. The number of amides is 1. The normalized spacial score (nSPS) is 19.4. The highest BCUT2D eigenvalue weighted by molar-refractivity contribution is 5.95. The Morgan fingerprint density at radius 2 is 1.89 bits per heavy atom. The third kappa shape index (κ3) is 3.39. The summed E-state index contributed by atoms with van der Waals surface area (Å²) in [7, 11) is 0. The van der Waals surface area contributed by atoms with Crippen LogP contribution >= 0.6 is 0 Å². The van der Waals surface area contributed by atoms with E-state index in [1.165, 1.54) is 24.3 Å². The van der Waals surface area contributed by atoms with Gasteiger partial charge in [-0.05, 0) is 55.9 Å². The first kappa shape index (κ1) is 12.7. The molecule has 4 heteroatoms. The van der Waals surface area contributed by atoms with Gasteiger partial charge in [0.1, 0.15) is 5.82 Å². The first-order valence-electron chi connectivity index (χ1n) is 6.26. The molecule has 1 saturated carbocycles. The second-order valence-electron chi connectivity index (χ2n) is 4.81. The van der Waals surface area contributed by atoms with E-state index in [0.717, 1.165) is 37.3 Å². The highest BCUT2D eigenvalue weighted by Gasteiger charge is 2.14. The van der Waals surface area contributed by atoms with E-state index in [-0.39, 0.29) is 11.7 Å². The number of hydrogen-bond donors (Lipinski definition) is 1. The van der Waals surface area contributed by atoms with Gasteiger partial charge in [-0.3, -0.25) is 4.79 Å². The Morgan fingerprint density at radius 3 is 2.50 bits per heavy atom. The number of benzene rings is 1. The highest BCUT2D eigenvalue weighted by Crippen LogP contribution is 2.21. The largest absolute Gasteiger partial charge is 0.271 e. The van der Waals surface area contributed by atoms with E-state index in [4.69, 9.17) is 0 Å². The Morgan fingerprint density at radius 1 is 1.28 bits per heavy atom. The van der Waals surface area contributed by atoms with Crippen molar-refractivity contribution in [1.29, 1.82) is 0 Å². The van der Waals surface area contributed by atoms with E-state index in [9.17, 15) is 9.18 Å². The Balaban J connectivity index is 1.92. The summed E-state index contributed by atoms with van der Waals surface area (Å²) < 4.78 is 12.7. The van der Waals surface area contributed by atoms with Crippen molar-refractivity contribution in [1.82, 2.24) is 5.43 Å². The van der Waals surface area contributed by atoms with E-state index in [0.29, 0.717) is 5.56 Å². The minimum atomic E-state index is -0.348. The number of nitrogens with one attached hydrogen (secondary N) is 1. The van der Waals surface area contributed by atoms with Gasteiger partial charge >= 0.3 is 0 Å². The molecule has 0 atom stereocenters. The molecule has 0 aromatic heterocycles. The van der Waals surface area contributed by atoms with Crippen molar-refractivity contribution >= 4 is 11.6 Å². The molecule has 18 heavy (non-hydrogen) atoms. The number of carbonyl (C=O) groups excluding carboxylic acids is 1. The SMILES string of the molecule is CC1CCC(=NNC(=O)c2ccc(F)cc2)CC1. The summed E-state index contributed by atoms with van der Waals surface area (Å²) in [5.74, 6) is 0.108. The number of carbonyl (C=O) groups is 1. The van der Waals surface area contributed by atoms with Gasteiger partial charge in [0, 0.05) is 11.3 Å². The second kappa shape index (κ2) is 5.76. The molecule has 0 saturated heterocycles. The molecule has 0 spiro atoms. The van der Waals surface area contributed by atoms with Crippen LogP contribution < -0.4 is 5.43 Å². The van der Waals surface area contributed by atoms with Gasteiger partial charge in [0.25, 0.3) is 5.91 Å². The molecule has 96 valence electrons. The number of hydrazone groups is 1. The molecule has 1 N–H and O–H groups in total. The van der Waals surface area contributed by atoms with Crippen molar-refractivity contribution < 1.29 is 9.18 Å². The Labute approximate surface area is 106 Å². The van der Waals surface area contributed by atoms with Gasteiger partial charge in [0.05, 0.1) is 0 Å². The summed E-state index contributed by atoms with van der Waals surface area (Å²) in [4.78, 5) is 11.7. The van der Waals surface area contributed by atoms with Crippen molar-refractivity contribution in [2.24, 2.45) is 11.0 Å². The van der Waals surface area contributed by atoms with Gasteiger partial charge in [0.2, 0.25) is 0 Å². The molecule has 3 nitrogen and oxygen atoms in total. The molecule has 1 aromatic rings. The minimum Gasteiger partial charge on any atom is -0.267 e. The maximum absolute atomic E-state index is 12.7. The summed E-state index contributed by atoms with van der Waals surface area (Å²) in [6.07, 6.45) is 4.16. The Kier molecular flexibility index (Phi) is 4.07. The van der Waals surface area contributed by atoms with Gasteiger partial charge in [-0.1, -0.05) is 6.92 Å². The predicted octanol–water partition coefficient (Wildman–Crippen LogP) is 3.12. The molecular weight excluding hydrogens is 231 g/mol. The summed E-state index contributed by atoms with van der Waals surface area (Å²) >= 11 is 0.